The molecule has 2 heterocycles. The van der Waals surface area contributed by atoms with Crippen LogP contribution >= 0.6 is 34.4 Å². The lowest BCUT2D eigenvalue weighted by Crippen LogP contribution is -2.03. The highest BCUT2D eigenvalue weighted by molar-refractivity contribution is 7.99. The molecule has 0 atom stereocenters. The first-order chi connectivity index (χ1) is 9.67. The second-order valence-electron chi connectivity index (χ2n) is 4.24. The third kappa shape index (κ3) is 3.37. The molecule has 0 aliphatic rings. The van der Waals surface area contributed by atoms with E-state index >= 15 is 0 Å². The number of rotatable bonds is 7. The van der Waals surface area contributed by atoms with Gasteiger partial charge < -0.3 is 11.1 Å². The Balaban J connectivity index is 2.08. The number of nitrogens with two attached hydrogens (primary N) is 1. The summed E-state index contributed by atoms with van der Waals surface area (Å²) in [4.78, 5) is 14.9. The average Bonchev–Trinajstić information content (AvgIpc) is 3.06. The molecule has 0 fully saturated rings. The van der Waals surface area contributed by atoms with E-state index < -0.39 is 0 Å². The maximum Gasteiger partial charge on any atom is 0.174 e. The fourth-order valence-corrected chi connectivity index (χ4v) is 4.65. The van der Waals surface area contributed by atoms with Crippen LogP contribution in [-0.2, 0) is 6.42 Å². The third-order valence-electron chi connectivity index (χ3n) is 2.92. The average molecular weight is 327 g/mol. The molecule has 2 rings (SSSR count). The molecule has 0 aliphatic heterocycles. The van der Waals surface area contributed by atoms with E-state index in [4.69, 9.17) is 5.73 Å². The molecule has 2 aromatic heterocycles. The standard InChI is InChI=1S/C14H18N2OS3/c1-3-10(17)12-11(15)13(18-2)14(20-12)16-7-6-9-5-4-8-19-9/h4-5,8,16H,3,6-7,15H2,1-2H3. The Bertz CT molecular complexity index is 576. The van der Waals surface area contributed by atoms with Gasteiger partial charge >= 0.3 is 0 Å². The van der Waals surface area contributed by atoms with Crippen LogP contribution < -0.4 is 11.1 Å². The maximum absolute atomic E-state index is 11.9. The van der Waals surface area contributed by atoms with Crippen LogP contribution in [0, 0.1) is 0 Å². The number of thioether (sulfide) groups is 1. The molecule has 0 amide bonds. The maximum atomic E-state index is 11.9. The Labute approximate surface area is 131 Å². The minimum atomic E-state index is 0.120. The summed E-state index contributed by atoms with van der Waals surface area (Å²) in [6, 6.07) is 4.20. The predicted molar refractivity (Wildman–Crippen MR) is 91.6 cm³/mol. The highest BCUT2D eigenvalue weighted by atomic mass is 32.2. The van der Waals surface area contributed by atoms with E-state index in [1.165, 1.54) is 16.2 Å². The van der Waals surface area contributed by atoms with Crippen molar-refractivity contribution < 1.29 is 4.79 Å². The second kappa shape index (κ2) is 7.15. The first kappa shape index (κ1) is 15.4. The van der Waals surface area contributed by atoms with E-state index in [2.05, 4.69) is 22.8 Å². The molecular formula is C14H18N2OS3. The highest BCUT2D eigenvalue weighted by Crippen LogP contribution is 2.42. The topological polar surface area (TPSA) is 55.1 Å². The van der Waals surface area contributed by atoms with Crippen molar-refractivity contribution in [1.82, 2.24) is 0 Å². The number of nitrogens with one attached hydrogen (secondary N) is 1. The molecule has 0 aliphatic carbocycles. The Morgan fingerprint density at radius 3 is 2.90 bits per heavy atom. The lowest BCUT2D eigenvalue weighted by molar-refractivity contribution is 0.0992. The summed E-state index contributed by atoms with van der Waals surface area (Å²) in [5.41, 5.74) is 6.72. The number of Topliss-reactive ketones (excluding diaryl/α,β-unsaturated/α-hetero) is 1. The SMILES string of the molecule is CCC(=O)c1sc(NCCc2cccs2)c(SC)c1N. The van der Waals surface area contributed by atoms with Gasteiger partial charge in [-0.25, -0.2) is 0 Å². The lowest BCUT2D eigenvalue weighted by Gasteiger charge is -2.05. The van der Waals surface area contributed by atoms with E-state index in [-0.39, 0.29) is 5.78 Å². The lowest BCUT2D eigenvalue weighted by atomic mass is 10.2. The molecule has 0 aromatic carbocycles. The highest BCUT2D eigenvalue weighted by Gasteiger charge is 2.19. The van der Waals surface area contributed by atoms with Crippen molar-refractivity contribution in [2.75, 3.05) is 23.9 Å². The van der Waals surface area contributed by atoms with Gasteiger partial charge in [0, 0.05) is 17.8 Å². The molecule has 20 heavy (non-hydrogen) atoms. The molecule has 0 saturated heterocycles. The summed E-state index contributed by atoms with van der Waals surface area (Å²) >= 11 is 4.83. The smallest absolute Gasteiger partial charge is 0.174 e. The van der Waals surface area contributed by atoms with Gasteiger partial charge in [-0.15, -0.1) is 34.4 Å². The summed E-state index contributed by atoms with van der Waals surface area (Å²) in [6.45, 7) is 2.72. The van der Waals surface area contributed by atoms with Crippen LogP contribution in [0.3, 0.4) is 0 Å². The minimum absolute atomic E-state index is 0.120. The number of anilines is 2. The first-order valence-electron chi connectivity index (χ1n) is 6.43. The van der Waals surface area contributed by atoms with Gasteiger partial charge in [-0.3, -0.25) is 4.79 Å². The third-order valence-corrected chi connectivity index (χ3v) is 6.02. The molecule has 0 unspecified atom stereocenters. The zero-order valence-electron chi connectivity index (χ0n) is 11.6. The van der Waals surface area contributed by atoms with Crippen LogP contribution in [0.2, 0.25) is 0 Å². The Hall–Kier alpha value is -0.980. The van der Waals surface area contributed by atoms with Crippen molar-refractivity contribution in [3.63, 3.8) is 0 Å². The summed E-state index contributed by atoms with van der Waals surface area (Å²) in [5, 5.41) is 6.52. The van der Waals surface area contributed by atoms with Gasteiger partial charge in [-0.2, -0.15) is 0 Å². The molecule has 0 spiro atoms. The number of hydrogen-bond donors (Lipinski definition) is 2. The molecular weight excluding hydrogens is 308 g/mol. The fourth-order valence-electron chi connectivity index (χ4n) is 1.87. The largest absolute Gasteiger partial charge is 0.396 e. The van der Waals surface area contributed by atoms with Crippen LogP contribution in [0.1, 0.15) is 27.9 Å². The summed E-state index contributed by atoms with van der Waals surface area (Å²) < 4.78 is 0. The second-order valence-corrected chi connectivity index (χ2v) is 7.11. The van der Waals surface area contributed by atoms with Crippen molar-refractivity contribution >= 4 is 50.9 Å². The number of nitrogen functional groups attached to an aromatic ring is 1. The van der Waals surface area contributed by atoms with Gasteiger partial charge in [0.2, 0.25) is 0 Å². The molecule has 0 radical (unpaired) electrons. The molecule has 0 bridgehead atoms. The quantitative estimate of drug-likeness (QED) is 0.586. The molecule has 3 N–H and O–H groups in total. The van der Waals surface area contributed by atoms with Crippen LogP contribution in [0.25, 0.3) is 0 Å². The van der Waals surface area contributed by atoms with Gasteiger partial charge in [0.05, 0.1) is 15.5 Å². The first-order valence-corrected chi connectivity index (χ1v) is 9.35. The van der Waals surface area contributed by atoms with Gasteiger partial charge in [-0.05, 0) is 24.1 Å². The normalized spacial score (nSPS) is 10.7. The van der Waals surface area contributed by atoms with Gasteiger partial charge in [0.15, 0.2) is 5.78 Å². The zero-order chi connectivity index (χ0) is 14.5. The van der Waals surface area contributed by atoms with Crippen molar-refractivity contribution in [2.24, 2.45) is 0 Å². The number of carbonyl (C=O) groups is 1. The van der Waals surface area contributed by atoms with Crippen LogP contribution in [-0.4, -0.2) is 18.6 Å². The van der Waals surface area contributed by atoms with E-state index in [9.17, 15) is 4.79 Å². The summed E-state index contributed by atoms with van der Waals surface area (Å²) in [5.74, 6) is 0.120. The Kier molecular flexibility index (Phi) is 5.51. The number of ketones is 1. The number of carbonyl (C=O) groups excluding carboxylic acids is 1. The van der Waals surface area contributed by atoms with Crippen LogP contribution in [0.5, 0.6) is 0 Å². The number of hydrogen-bond acceptors (Lipinski definition) is 6. The molecule has 2 aromatic rings. The predicted octanol–water partition coefficient (Wildman–Crippen LogP) is 4.36. The van der Waals surface area contributed by atoms with Crippen LogP contribution in [0.4, 0.5) is 10.7 Å². The van der Waals surface area contributed by atoms with Crippen molar-refractivity contribution in [2.45, 2.75) is 24.7 Å². The van der Waals surface area contributed by atoms with E-state index in [0.717, 1.165) is 22.9 Å². The van der Waals surface area contributed by atoms with Crippen molar-refractivity contribution in [1.29, 1.82) is 0 Å². The van der Waals surface area contributed by atoms with Gasteiger partial charge in [-0.1, -0.05) is 13.0 Å². The number of thiophene rings is 2. The zero-order valence-corrected chi connectivity index (χ0v) is 14.0. The summed E-state index contributed by atoms with van der Waals surface area (Å²) in [7, 11) is 0. The molecule has 108 valence electrons. The summed E-state index contributed by atoms with van der Waals surface area (Å²) in [6.07, 6.45) is 3.47. The van der Waals surface area contributed by atoms with E-state index in [1.807, 2.05) is 13.2 Å². The molecule has 6 heteroatoms. The fraction of sp³-hybridized carbons (Fsp3) is 0.357. The Morgan fingerprint density at radius 1 is 1.50 bits per heavy atom. The van der Waals surface area contributed by atoms with Crippen LogP contribution in [0.15, 0.2) is 22.4 Å². The van der Waals surface area contributed by atoms with Crippen molar-refractivity contribution in [3.05, 3.63) is 27.3 Å². The monoisotopic (exact) mass is 326 g/mol. The molecule has 3 nitrogen and oxygen atoms in total. The Morgan fingerprint density at radius 2 is 2.30 bits per heavy atom. The molecule has 0 saturated carbocycles. The van der Waals surface area contributed by atoms with E-state index in [0.29, 0.717) is 17.0 Å². The van der Waals surface area contributed by atoms with E-state index in [1.54, 1.807) is 23.1 Å². The van der Waals surface area contributed by atoms with Gasteiger partial charge in [0.25, 0.3) is 0 Å². The van der Waals surface area contributed by atoms with Crippen molar-refractivity contribution in [3.8, 4) is 0 Å². The van der Waals surface area contributed by atoms with Gasteiger partial charge in [0.1, 0.15) is 5.00 Å². The minimum Gasteiger partial charge on any atom is -0.396 e.